The van der Waals surface area contributed by atoms with Crippen molar-refractivity contribution in [1.29, 1.82) is 0 Å². The van der Waals surface area contributed by atoms with Crippen molar-refractivity contribution in [3.8, 4) is 5.75 Å². The molecule has 0 saturated heterocycles. The predicted molar refractivity (Wildman–Crippen MR) is 121 cm³/mol. The quantitative estimate of drug-likeness (QED) is 0.273. The van der Waals surface area contributed by atoms with Crippen molar-refractivity contribution in [1.82, 2.24) is 9.66 Å². The van der Waals surface area contributed by atoms with Crippen LogP contribution in [0.3, 0.4) is 0 Å². The maximum Gasteiger partial charge on any atom is 0.349 e. The van der Waals surface area contributed by atoms with Gasteiger partial charge in [-0.15, -0.1) is 4.68 Å². The normalized spacial score (nSPS) is 11.2. The zero-order chi connectivity index (χ0) is 22.7. The van der Waals surface area contributed by atoms with Gasteiger partial charge in [0.1, 0.15) is 6.61 Å². The van der Waals surface area contributed by atoms with E-state index in [9.17, 15) is 19.7 Å². The molecule has 0 fully saturated rings. The number of nitro benzene ring substituents is 1. The van der Waals surface area contributed by atoms with E-state index in [0.29, 0.717) is 26.2 Å². The van der Waals surface area contributed by atoms with Gasteiger partial charge in [0, 0.05) is 16.7 Å². The van der Waals surface area contributed by atoms with Crippen molar-refractivity contribution in [2.75, 3.05) is 0 Å². The lowest BCUT2D eigenvalue weighted by Crippen LogP contribution is -2.32. The number of rotatable bonds is 6. The number of halogens is 1. The molecule has 4 rings (SSSR count). The summed E-state index contributed by atoms with van der Waals surface area (Å²) in [6.07, 6.45) is 1.20. The number of nitrogens with zero attached hydrogens (tertiary/aromatic N) is 3. The van der Waals surface area contributed by atoms with Crippen LogP contribution < -0.4 is 16.0 Å². The van der Waals surface area contributed by atoms with Crippen LogP contribution in [0.5, 0.6) is 5.75 Å². The lowest BCUT2D eigenvalue weighted by molar-refractivity contribution is -0.385. The van der Waals surface area contributed by atoms with Crippen LogP contribution in [0, 0.1) is 10.1 Å². The molecule has 0 unspecified atom stereocenters. The summed E-state index contributed by atoms with van der Waals surface area (Å²) in [5, 5.41) is 16.3. The Balaban J connectivity index is 1.62. The number of H-pyrrole nitrogens is 1. The zero-order valence-electron chi connectivity index (χ0n) is 16.4. The summed E-state index contributed by atoms with van der Waals surface area (Å²) in [6.45, 7) is 0.118. The molecule has 0 bridgehead atoms. The van der Waals surface area contributed by atoms with Crippen molar-refractivity contribution in [3.05, 3.63) is 114 Å². The van der Waals surface area contributed by atoms with Gasteiger partial charge in [-0.3, -0.25) is 14.9 Å². The Kier molecular flexibility index (Phi) is 5.82. The molecule has 0 aliphatic heterocycles. The van der Waals surface area contributed by atoms with Gasteiger partial charge in [-0.25, -0.2) is 4.79 Å². The summed E-state index contributed by atoms with van der Waals surface area (Å²) in [6, 6.07) is 17.7. The van der Waals surface area contributed by atoms with Gasteiger partial charge < -0.3 is 9.72 Å². The fourth-order valence-electron chi connectivity index (χ4n) is 3.00. The Morgan fingerprint density at radius 2 is 1.84 bits per heavy atom. The number of ether oxygens (including phenoxy) is 1. The SMILES string of the molecule is O=c1[nH]c2ccccc2c(=O)n1N=Cc1ccc(OCc2ccc(Cl)cc2)c([N+](=O)[O-])c1. The summed E-state index contributed by atoms with van der Waals surface area (Å²) in [4.78, 5) is 38.2. The minimum Gasteiger partial charge on any atom is -0.482 e. The van der Waals surface area contributed by atoms with E-state index in [2.05, 4.69) is 10.1 Å². The van der Waals surface area contributed by atoms with Gasteiger partial charge >= 0.3 is 11.4 Å². The lowest BCUT2D eigenvalue weighted by atomic mass is 10.2. The molecule has 0 aliphatic rings. The molecule has 1 N–H and O–H groups in total. The van der Waals surface area contributed by atoms with Gasteiger partial charge in [0.05, 0.1) is 22.0 Å². The van der Waals surface area contributed by atoms with Crippen molar-refractivity contribution >= 4 is 34.4 Å². The number of nitrogens with one attached hydrogen (secondary N) is 1. The van der Waals surface area contributed by atoms with E-state index in [0.717, 1.165) is 5.56 Å². The van der Waals surface area contributed by atoms with E-state index in [4.69, 9.17) is 16.3 Å². The standard InChI is InChI=1S/C22H15ClN4O5/c23-16-8-5-14(6-9-16)13-32-20-10-7-15(11-19(20)27(30)31)12-24-26-21(28)17-3-1-2-4-18(17)25-22(26)29/h1-12H,13H2,(H,25,29). The summed E-state index contributed by atoms with van der Waals surface area (Å²) in [7, 11) is 0. The van der Waals surface area contributed by atoms with Crippen molar-refractivity contribution in [2.24, 2.45) is 5.10 Å². The van der Waals surface area contributed by atoms with Crippen LogP contribution in [0.25, 0.3) is 10.9 Å². The number of aromatic amines is 1. The van der Waals surface area contributed by atoms with Crippen LogP contribution in [0.15, 0.2) is 81.4 Å². The predicted octanol–water partition coefficient (Wildman–Crippen LogP) is 3.71. The Morgan fingerprint density at radius 3 is 2.59 bits per heavy atom. The molecule has 0 amide bonds. The molecule has 1 aromatic heterocycles. The number of fused-ring (bicyclic) bond motifs is 1. The third-order valence-corrected chi connectivity index (χ3v) is 4.85. The summed E-state index contributed by atoms with van der Waals surface area (Å²) in [5.41, 5.74) is -0.0888. The first-order valence-electron chi connectivity index (χ1n) is 9.36. The van der Waals surface area contributed by atoms with Gasteiger partial charge in [0.2, 0.25) is 0 Å². The smallest absolute Gasteiger partial charge is 0.349 e. The molecule has 3 aromatic carbocycles. The maximum absolute atomic E-state index is 12.5. The number of benzene rings is 3. The van der Waals surface area contributed by atoms with Crippen LogP contribution in [-0.4, -0.2) is 20.8 Å². The number of nitro groups is 1. The van der Waals surface area contributed by atoms with Gasteiger partial charge in [-0.05, 0) is 42.0 Å². The second-order valence-electron chi connectivity index (χ2n) is 6.74. The van der Waals surface area contributed by atoms with Crippen LogP contribution in [0.4, 0.5) is 5.69 Å². The molecule has 0 aliphatic carbocycles. The van der Waals surface area contributed by atoms with Crippen molar-refractivity contribution < 1.29 is 9.66 Å². The van der Waals surface area contributed by atoms with E-state index < -0.39 is 16.2 Å². The third kappa shape index (κ3) is 4.42. The van der Waals surface area contributed by atoms with Crippen molar-refractivity contribution in [3.63, 3.8) is 0 Å². The summed E-state index contributed by atoms with van der Waals surface area (Å²) in [5.74, 6) is 0.0721. The van der Waals surface area contributed by atoms with Gasteiger partial charge in [0.25, 0.3) is 5.56 Å². The van der Waals surface area contributed by atoms with Gasteiger partial charge in [-0.1, -0.05) is 35.9 Å². The Bertz CT molecular complexity index is 1460. The molecule has 9 nitrogen and oxygen atoms in total. The first kappa shape index (κ1) is 21.0. The van der Waals surface area contributed by atoms with E-state index in [-0.39, 0.29) is 18.0 Å². The first-order chi connectivity index (χ1) is 15.4. The number of hydrogen-bond donors (Lipinski definition) is 1. The highest BCUT2D eigenvalue weighted by atomic mass is 35.5. The van der Waals surface area contributed by atoms with Gasteiger partial charge in [-0.2, -0.15) is 5.10 Å². The third-order valence-electron chi connectivity index (χ3n) is 4.59. The second kappa shape index (κ2) is 8.86. The lowest BCUT2D eigenvalue weighted by Gasteiger charge is -2.07. The van der Waals surface area contributed by atoms with E-state index in [1.54, 1.807) is 48.5 Å². The minimum absolute atomic E-state index is 0.0721. The fourth-order valence-corrected chi connectivity index (χ4v) is 3.13. The van der Waals surface area contributed by atoms with Crippen molar-refractivity contribution in [2.45, 2.75) is 6.61 Å². The highest BCUT2D eigenvalue weighted by Crippen LogP contribution is 2.28. The molecule has 4 aromatic rings. The van der Waals surface area contributed by atoms with Gasteiger partial charge in [0.15, 0.2) is 5.75 Å². The van der Waals surface area contributed by atoms with E-state index >= 15 is 0 Å². The summed E-state index contributed by atoms with van der Waals surface area (Å²) < 4.78 is 6.25. The second-order valence-corrected chi connectivity index (χ2v) is 7.17. The highest BCUT2D eigenvalue weighted by molar-refractivity contribution is 6.30. The maximum atomic E-state index is 12.5. The topological polar surface area (TPSA) is 120 Å². The number of para-hydroxylation sites is 1. The molecule has 1 heterocycles. The largest absolute Gasteiger partial charge is 0.482 e. The minimum atomic E-state index is -0.720. The molecule has 0 radical (unpaired) electrons. The molecule has 160 valence electrons. The Morgan fingerprint density at radius 1 is 1.09 bits per heavy atom. The molecular weight excluding hydrogens is 436 g/mol. The average Bonchev–Trinajstić information content (AvgIpc) is 2.79. The Hall–Kier alpha value is -4.24. The number of hydrogen-bond acceptors (Lipinski definition) is 6. The van der Waals surface area contributed by atoms with Crippen LogP contribution in [-0.2, 0) is 6.61 Å². The molecule has 0 spiro atoms. The number of aromatic nitrogens is 2. The molecule has 10 heteroatoms. The molecule has 32 heavy (non-hydrogen) atoms. The fraction of sp³-hybridized carbons (Fsp3) is 0.0455. The van der Waals surface area contributed by atoms with Crippen LogP contribution >= 0.6 is 11.6 Å². The van der Waals surface area contributed by atoms with Crippen LogP contribution in [0.2, 0.25) is 5.02 Å². The molecule has 0 saturated carbocycles. The summed E-state index contributed by atoms with van der Waals surface area (Å²) >= 11 is 5.85. The molecular formula is C22H15ClN4O5. The average molecular weight is 451 g/mol. The monoisotopic (exact) mass is 450 g/mol. The Labute approximate surface area is 185 Å². The van der Waals surface area contributed by atoms with E-state index in [1.165, 1.54) is 24.4 Å². The zero-order valence-corrected chi connectivity index (χ0v) is 17.2. The highest BCUT2D eigenvalue weighted by Gasteiger charge is 2.16. The van der Waals surface area contributed by atoms with Crippen LogP contribution in [0.1, 0.15) is 11.1 Å². The van der Waals surface area contributed by atoms with E-state index in [1.807, 2.05) is 0 Å². The molecule has 0 atom stereocenters. The first-order valence-corrected chi connectivity index (χ1v) is 9.74.